The fourth-order valence-corrected chi connectivity index (χ4v) is 5.22. The van der Waals surface area contributed by atoms with Crippen LogP contribution in [0.2, 0.25) is 10.0 Å². The molecule has 0 aliphatic heterocycles. The summed E-state index contributed by atoms with van der Waals surface area (Å²) < 4.78 is 28.5. The summed E-state index contributed by atoms with van der Waals surface area (Å²) in [5.74, 6) is 0. The Kier molecular flexibility index (Phi) is 6.21. The van der Waals surface area contributed by atoms with Crippen molar-refractivity contribution < 1.29 is 8.42 Å². The second-order valence-electron chi connectivity index (χ2n) is 5.88. The molecule has 148 valence electrons. The molecule has 0 amide bonds. The predicted molar refractivity (Wildman–Crippen MR) is 111 cm³/mol. The van der Waals surface area contributed by atoms with Crippen LogP contribution < -0.4 is 10.3 Å². The second-order valence-corrected chi connectivity index (χ2v) is 9.60. The Balaban J connectivity index is 1.78. The average Bonchev–Trinajstić information content (AvgIpc) is 2.97. The highest BCUT2D eigenvalue weighted by Crippen LogP contribution is 2.29. The number of thiazole rings is 1. The summed E-state index contributed by atoms with van der Waals surface area (Å²) in [4.78, 5) is 17.2. The number of halogens is 2. The molecule has 3 rings (SSSR count). The monoisotopic (exact) mass is 458 g/mol. The van der Waals surface area contributed by atoms with E-state index in [-0.39, 0.29) is 33.6 Å². The smallest absolute Gasteiger partial charge is 0.266 e. The van der Waals surface area contributed by atoms with E-state index in [1.54, 1.807) is 6.07 Å². The van der Waals surface area contributed by atoms with E-state index in [2.05, 4.69) is 14.8 Å². The number of nitrogens with zero attached hydrogens (tertiary/aromatic N) is 3. The maximum Gasteiger partial charge on any atom is 0.266 e. The molecule has 0 radical (unpaired) electrons. The molecule has 7 nitrogen and oxygen atoms in total. The maximum absolute atomic E-state index is 12.4. The molecule has 0 spiro atoms. The van der Waals surface area contributed by atoms with Crippen molar-refractivity contribution in [2.75, 3.05) is 6.54 Å². The van der Waals surface area contributed by atoms with Crippen molar-refractivity contribution in [3.05, 3.63) is 61.4 Å². The Morgan fingerprint density at radius 1 is 1.18 bits per heavy atom. The highest BCUT2D eigenvalue weighted by atomic mass is 35.5. The number of aryl methyl sites for hydroxylation is 2. The summed E-state index contributed by atoms with van der Waals surface area (Å²) in [5, 5.41) is 5.33. The van der Waals surface area contributed by atoms with Gasteiger partial charge in [-0.3, -0.25) is 4.79 Å². The third-order valence-electron chi connectivity index (χ3n) is 3.82. The molecule has 0 aliphatic rings. The molecule has 0 atom stereocenters. The Morgan fingerprint density at radius 2 is 1.93 bits per heavy atom. The van der Waals surface area contributed by atoms with Crippen molar-refractivity contribution in [2.45, 2.75) is 25.3 Å². The number of hydrogen-bond donors (Lipinski definition) is 1. The van der Waals surface area contributed by atoms with E-state index in [1.807, 2.05) is 13.8 Å². The molecular weight excluding hydrogens is 443 g/mol. The van der Waals surface area contributed by atoms with Gasteiger partial charge in [-0.05, 0) is 32.0 Å². The van der Waals surface area contributed by atoms with Crippen LogP contribution in [0, 0.1) is 13.8 Å². The van der Waals surface area contributed by atoms with Gasteiger partial charge in [-0.2, -0.15) is 5.10 Å². The normalized spacial score (nSPS) is 11.7. The van der Waals surface area contributed by atoms with Crippen LogP contribution in [0.25, 0.3) is 10.6 Å². The van der Waals surface area contributed by atoms with Crippen LogP contribution in [0.5, 0.6) is 0 Å². The molecule has 0 aliphatic carbocycles. The van der Waals surface area contributed by atoms with Crippen LogP contribution in [0.1, 0.15) is 10.7 Å². The molecule has 0 saturated carbocycles. The topological polar surface area (TPSA) is 94.0 Å². The minimum atomic E-state index is -3.88. The van der Waals surface area contributed by atoms with Gasteiger partial charge in [0, 0.05) is 12.6 Å². The summed E-state index contributed by atoms with van der Waals surface area (Å²) in [6.45, 7) is 3.79. The van der Waals surface area contributed by atoms with Gasteiger partial charge in [0.05, 0.1) is 32.2 Å². The molecule has 0 saturated heterocycles. The third kappa shape index (κ3) is 4.44. The van der Waals surface area contributed by atoms with Gasteiger partial charge in [0.25, 0.3) is 5.56 Å². The highest BCUT2D eigenvalue weighted by molar-refractivity contribution is 7.89. The minimum Gasteiger partial charge on any atom is -0.268 e. The highest BCUT2D eigenvalue weighted by Gasteiger charge is 2.19. The molecule has 1 N–H and O–H groups in total. The van der Waals surface area contributed by atoms with Crippen LogP contribution in [-0.4, -0.2) is 29.7 Å². The number of benzene rings is 1. The Bertz CT molecular complexity index is 1190. The van der Waals surface area contributed by atoms with Crippen molar-refractivity contribution in [1.82, 2.24) is 19.5 Å². The Labute approximate surface area is 176 Å². The molecule has 2 aromatic heterocycles. The van der Waals surface area contributed by atoms with Gasteiger partial charge < -0.3 is 0 Å². The first-order valence-corrected chi connectivity index (χ1v) is 11.2. The predicted octanol–water partition coefficient (Wildman–Crippen LogP) is 3.27. The molecular formula is C17H16Cl2N4O3S2. The minimum absolute atomic E-state index is 0.0394. The van der Waals surface area contributed by atoms with Crippen LogP contribution in [0.4, 0.5) is 0 Å². The fraction of sp³-hybridized carbons (Fsp3) is 0.235. The fourth-order valence-electron chi connectivity index (χ4n) is 2.55. The molecule has 0 bridgehead atoms. The van der Waals surface area contributed by atoms with Gasteiger partial charge in [0.1, 0.15) is 10.6 Å². The van der Waals surface area contributed by atoms with Crippen molar-refractivity contribution >= 4 is 44.6 Å². The second kappa shape index (κ2) is 8.30. The largest absolute Gasteiger partial charge is 0.268 e. The lowest BCUT2D eigenvalue weighted by molar-refractivity contribution is 0.549. The van der Waals surface area contributed by atoms with Gasteiger partial charge in [-0.15, -0.1) is 11.3 Å². The zero-order chi connectivity index (χ0) is 20.5. The van der Waals surface area contributed by atoms with Crippen LogP contribution in [0.3, 0.4) is 0 Å². The van der Waals surface area contributed by atoms with Crippen molar-refractivity contribution in [3.8, 4) is 10.6 Å². The van der Waals surface area contributed by atoms with E-state index < -0.39 is 10.0 Å². The quantitative estimate of drug-likeness (QED) is 0.611. The van der Waals surface area contributed by atoms with E-state index in [0.29, 0.717) is 5.69 Å². The molecule has 1 aromatic carbocycles. The van der Waals surface area contributed by atoms with E-state index in [0.717, 1.165) is 15.6 Å². The number of sulfonamides is 1. The van der Waals surface area contributed by atoms with Crippen LogP contribution in [-0.2, 0) is 16.6 Å². The zero-order valence-corrected chi connectivity index (χ0v) is 18.1. The lowest BCUT2D eigenvalue weighted by Gasteiger charge is -2.10. The SMILES string of the molecule is Cc1nc(C)c(-c2ccc(=O)n(CCNS(=O)(=O)c3cccc(Cl)c3Cl)n2)s1. The standard InChI is InChI=1S/C17H16Cl2N4O3S2/c1-10-17(27-11(2)21-10)13-6-7-15(24)23(22-13)9-8-20-28(25,26)14-5-3-4-12(18)16(14)19/h3-7,20H,8-9H2,1-2H3. The van der Waals surface area contributed by atoms with E-state index in [4.69, 9.17) is 23.2 Å². The summed E-state index contributed by atoms with van der Waals surface area (Å²) in [6, 6.07) is 7.39. The van der Waals surface area contributed by atoms with Crippen molar-refractivity contribution in [1.29, 1.82) is 0 Å². The van der Waals surface area contributed by atoms with Crippen molar-refractivity contribution in [2.24, 2.45) is 0 Å². The van der Waals surface area contributed by atoms with Gasteiger partial charge in [0.2, 0.25) is 10.0 Å². The van der Waals surface area contributed by atoms with Gasteiger partial charge in [-0.1, -0.05) is 29.3 Å². The Hall–Kier alpha value is -1.78. The van der Waals surface area contributed by atoms with Gasteiger partial charge in [0.15, 0.2) is 0 Å². The summed E-state index contributed by atoms with van der Waals surface area (Å²) in [6.07, 6.45) is 0. The first-order valence-electron chi connectivity index (χ1n) is 8.15. The molecule has 3 aromatic rings. The van der Waals surface area contributed by atoms with E-state index in [1.165, 1.54) is 40.3 Å². The van der Waals surface area contributed by atoms with Crippen molar-refractivity contribution in [3.63, 3.8) is 0 Å². The van der Waals surface area contributed by atoms with Crippen LogP contribution in [0.15, 0.2) is 40.0 Å². The van der Waals surface area contributed by atoms with Crippen LogP contribution >= 0.6 is 34.5 Å². The van der Waals surface area contributed by atoms with E-state index in [9.17, 15) is 13.2 Å². The number of rotatable bonds is 6. The summed E-state index contributed by atoms with van der Waals surface area (Å²) in [7, 11) is -3.88. The number of nitrogens with one attached hydrogen (secondary N) is 1. The lowest BCUT2D eigenvalue weighted by Crippen LogP contribution is -2.32. The van der Waals surface area contributed by atoms with E-state index >= 15 is 0 Å². The molecule has 0 unspecified atom stereocenters. The first kappa shape index (κ1) is 20.9. The molecule has 28 heavy (non-hydrogen) atoms. The molecule has 11 heteroatoms. The average molecular weight is 459 g/mol. The maximum atomic E-state index is 12.4. The van der Waals surface area contributed by atoms with Gasteiger partial charge >= 0.3 is 0 Å². The third-order valence-corrected chi connectivity index (χ3v) is 7.35. The summed E-state index contributed by atoms with van der Waals surface area (Å²) >= 11 is 13.3. The number of hydrogen-bond acceptors (Lipinski definition) is 6. The zero-order valence-electron chi connectivity index (χ0n) is 14.9. The first-order chi connectivity index (χ1) is 13.2. The summed E-state index contributed by atoms with van der Waals surface area (Å²) in [5.41, 5.74) is 1.11. The molecule has 0 fully saturated rings. The number of aromatic nitrogens is 3. The Morgan fingerprint density at radius 3 is 2.61 bits per heavy atom. The van der Waals surface area contributed by atoms with Gasteiger partial charge in [-0.25, -0.2) is 22.8 Å². The molecule has 2 heterocycles. The lowest BCUT2D eigenvalue weighted by atomic mass is 10.3.